The molecule has 3 atom stereocenters. The van der Waals surface area contributed by atoms with Gasteiger partial charge >= 0.3 is 5.97 Å². The monoisotopic (exact) mass is 643 g/mol. The summed E-state index contributed by atoms with van der Waals surface area (Å²) in [5.74, 6) is -0.926. The Morgan fingerprint density at radius 2 is 1.60 bits per heavy atom. The van der Waals surface area contributed by atoms with E-state index in [2.05, 4.69) is 5.32 Å². The third-order valence-electron chi connectivity index (χ3n) is 9.95. The van der Waals surface area contributed by atoms with E-state index in [4.69, 9.17) is 28.4 Å². The number of fused-ring (bicyclic) bond motifs is 13. The van der Waals surface area contributed by atoms with E-state index < -0.39 is 23.5 Å². The number of nitrogens with zero attached hydrogens (tertiary/aromatic N) is 2. The van der Waals surface area contributed by atoms with Crippen LogP contribution in [-0.2, 0) is 58.7 Å². The summed E-state index contributed by atoms with van der Waals surface area (Å²) < 4.78 is 38.3. The van der Waals surface area contributed by atoms with Crippen LogP contribution in [0.2, 0.25) is 0 Å². The molecule has 2 N–H and O–H groups in total. The van der Waals surface area contributed by atoms with Crippen molar-refractivity contribution in [3.05, 3.63) is 58.7 Å². The van der Waals surface area contributed by atoms with Crippen molar-refractivity contribution in [1.29, 1.82) is 0 Å². The summed E-state index contributed by atoms with van der Waals surface area (Å²) in [6, 6.07) is 12.0. The van der Waals surface area contributed by atoms with Crippen molar-refractivity contribution in [2.75, 3.05) is 33.9 Å². The van der Waals surface area contributed by atoms with Crippen LogP contribution in [0.15, 0.2) is 36.4 Å². The summed E-state index contributed by atoms with van der Waals surface area (Å²) in [7, 11) is 1.27. The molecule has 12 heteroatoms. The molecule has 0 saturated carbocycles. The van der Waals surface area contributed by atoms with Gasteiger partial charge < -0.3 is 48.0 Å². The van der Waals surface area contributed by atoms with Gasteiger partial charge in [0.2, 0.25) is 5.60 Å². The van der Waals surface area contributed by atoms with E-state index in [1.165, 1.54) is 7.11 Å². The molecule has 1 fully saturated rings. The van der Waals surface area contributed by atoms with Gasteiger partial charge in [-0.15, -0.1) is 0 Å². The maximum atomic E-state index is 13.7. The first kappa shape index (κ1) is 30.3. The Kier molecular flexibility index (Phi) is 7.10. The van der Waals surface area contributed by atoms with Crippen LogP contribution in [0.25, 0.3) is 43.6 Å². The van der Waals surface area contributed by atoms with E-state index >= 15 is 0 Å². The summed E-state index contributed by atoms with van der Waals surface area (Å²) in [5.41, 5.74) is 2.87. The lowest BCUT2D eigenvalue weighted by Gasteiger charge is -2.37. The predicted molar refractivity (Wildman–Crippen MR) is 172 cm³/mol. The smallest absolute Gasteiger partial charge is 0.343 e. The quantitative estimate of drug-likeness (QED) is 0.120. The van der Waals surface area contributed by atoms with Gasteiger partial charge in [-0.1, -0.05) is 12.1 Å². The van der Waals surface area contributed by atoms with Crippen LogP contribution in [0, 0.1) is 0 Å². The Balaban J connectivity index is 1.48. The minimum absolute atomic E-state index is 0.0541. The fourth-order valence-electron chi connectivity index (χ4n) is 7.87. The van der Waals surface area contributed by atoms with E-state index in [0.29, 0.717) is 38.5 Å². The number of nitrogens with one attached hydrogen (secondary N) is 1. The topological polar surface area (TPSA) is 132 Å². The molecule has 3 aliphatic heterocycles. The highest BCUT2D eigenvalue weighted by Gasteiger charge is 2.65. The summed E-state index contributed by atoms with van der Waals surface area (Å²) in [6.07, 6.45) is -0.794. The molecule has 0 radical (unpaired) electrons. The van der Waals surface area contributed by atoms with E-state index in [9.17, 15) is 14.7 Å². The molecule has 5 aromatic rings. The number of aromatic nitrogens is 2. The van der Waals surface area contributed by atoms with E-state index in [1.807, 2.05) is 59.4 Å². The highest BCUT2D eigenvalue weighted by Crippen LogP contribution is 2.58. The second-order valence-corrected chi connectivity index (χ2v) is 12.4. The number of methoxy groups -OCH3 is 1. The number of benzene rings is 3. The largest absolute Gasteiger partial charge is 0.467 e. The number of amides is 1. The number of carbonyl (C=O) groups excluding carboxylic acids is 2. The Labute approximate surface area is 270 Å². The summed E-state index contributed by atoms with van der Waals surface area (Å²) in [5, 5.41) is 18.8. The van der Waals surface area contributed by atoms with Gasteiger partial charge in [-0.25, -0.2) is 4.79 Å². The first-order valence-electron chi connectivity index (χ1n) is 15.9. The first-order valence-corrected chi connectivity index (χ1v) is 15.9. The van der Waals surface area contributed by atoms with Gasteiger partial charge in [-0.2, -0.15) is 0 Å². The molecular weight excluding hydrogens is 606 g/mol. The van der Waals surface area contributed by atoms with Crippen molar-refractivity contribution in [2.24, 2.45) is 0 Å². The number of ether oxygens (including phenoxy) is 6. The number of carbonyl (C=O) groups is 2. The lowest BCUT2D eigenvalue weighted by molar-refractivity contribution is -0.202. The Bertz CT molecular complexity index is 2120. The average molecular weight is 644 g/mol. The van der Waals surface area contributed by atoms with Crippen molar-refractivity contribution in [3.8, 4) is 0 Å². The molecule has 2 aromatic heterocycles. The molecule has 1 unspecified atom stereocenters. The zero-order chi connectivity index (χ0) is 32.7. The highest BCUT2D eigenvalue weighted by molar-refractivity contribution is 6.31. The molecule has 12 nitrogen and oxygen atoms in total. The van der Waals surface area contributed by atoms with Crippen LogP contribution in [0.4, 0.5) is 0 Å². The van der Waals surface area contributed by atoms with Crippen LogP contribution in [0.1, 0.15) is 60.5 Å². The third kappa shape index (κ3) is 4.09. The maximum absolute atomic E-state index is 13.7. The van der Waals surface area contributed by atoms with Gasteiger partial charge in [-0.05, 0) is 61.7 Å². The number of esters is 1. The van der Waals surface area contributed by atoms with Crippen molar-refractivity contribution < 1.29 is 43.1 Å². The number of aliphatic hydroxyl groups is 1. The summed E-state index contributed by atoms with van der Waals surface area (Å²) in [4.78, 5) is 27.2. The molecule has 47 heavy (non-hydrogen) atoms. The molecule has 8 rings (SSSR count). The van der Waals surface area contributed by atoms with Gasteiger partial charge in [-0.3, -0.25) is 4.79 Å². The molecule has 3 aromatic carbocycles. The van der Waals surface area contributed by atoms with Gasteiger partial charge in [0.15, 0.2) is 5.72 Å². The Morgan fingerprint density at radius 1 is 0.957 bits per heavy atom. The maximum Gasteiger partial charge on any atom is 0.343 e. The number of hydrogen-bond acceptors (Lipinski definition) is 9. The average Bonchev–Trinajstić information content (AvgIpc) is 3.77. The van der Waals surface area contributed by atoms with E-state index in [-0.39, 0.29) is 25.9 Å². The van der Waals surface area contributed by atoms with Crippen LogP contribution in [0.5, 0.6) is 0 Å². The zero-order valence-electron chi connectivity index (χ0n) is 26.8. The van der Waals surface area contributed by atoms with Crippen LogP contribution in [-0.4, -0.2) is 65.6 Å². The van der Waals surface area contributed by atoms with Crippen molar-refractivity contribution in [1.82, 2.24) is 14.5 Å². The van der Waals surface area contributed by atoms with Crippen LogP contribution >= 0.6 is 0 Å². The molecule has 5 heterocycles. The number of hydrogen-bond donors (Lipinski definition) is 2. The fourth-order valence-corrected chi connectivity index (χ4v) is 7.87. The van der Waals surface area contributed by atoms with Crippen LogP contribution < -0.4 is 5.32 Å². The minimum atomic E-state index is -2.02. The molecular formula is C35H37N3O9. The highest BCUT2D eigenvalue weighted by atomic mass is 16.7. The lowest BCUT2D eigenvalue weighted by Crippen LogP contribution is -2.56. The SMILES string of the molecule is CCOCOCc1ccc2c(c1)c1c3c(c4c5cc(COCOCC)ccc5n5c4c1n2C1C[C@](O)(C(=O)OC)[C@]5(C)O1)CNC3=O. The van der Waals surface area contributed by atoms with E-state index in [0.717, 1.165) is 60.3 Å². The third-order valence-corrected chi connectivity index (χ3v) is 9.95. The first-order chi connectivity index (χ1) is 22.8. The van der Waals surface area contributed by atoms with Crippen molar-refractivity contribution >= 4 is 55.5 Å². The Morgan fingerprint density at radius 3 is 2.23 bits per heavy atom. The van der Waals surface area contributed by atoms with Crippen molar-refractivity contribution in [2.45, 2.75) is 64.5 Å². The van der Waals surface area contributed by atoms with Gasteiger partial charge in [0, 0.05) is 47.7 Å². The van der Waals surface area contributed by atoms with Crippen LogP contribution in [0.3, 0.4) is 0 Å². The fraction of sp³-hybridized carbons (Fsp3) is 0.429. The molecule has 0 aliphatic carbocycles. The van der Waals surface area contributed by atoms with Gasteiger partial charge in [0.05, 0.1) is 48.0 Å². The lowest BCUT2D eigenvalue weighted by atomic mass is 9.88. The number of rotatable bonds is 11. The molecule has 3 aliphatic rings. The normalized spacial score (nSPS) is 23.0. The zero-order valence-corrected chi connectivity index (χ0v) is 26.8. The molecule has 246 valence electrons. The molecule has 2 bridgehead atoms. The second kappa shape index (κ2) is 11.0. The van der Waals surface area contributed by atoms with Gasteiger partial charge in [0.25, 0.3) is 5.91 Å². The van der Waals surface area contributed by atoms with Crippen molar-refractivity contribution in [3.63, 3.8) is 0 Å². The predicted octanol–water partition coefficient (Wildman–Crippen LogP) is 4.68. The Hall–Kier alpha value is -4.04. The van der Waals surface area contributed by atoms with Gasteiger partial charge in [0.1, 0.15) is 19.8 Å². The van der Waals surface area contributed by atoms with E-state index in [1.54, 1.807) is 6.92 Å². The summed E-state index contributed by atoms with van der Waals surface area (Å²) >= 11 is 0. The second-order valence-electron chi connectivity index (χ2n) is 12.4. The molecule has 0 spiro atoms. The minimum Gasteiger partial charge on any atom is -0.467 e. The molecule has 1 saturated heterocycles. The summed E-state index contributed by atoms with van der Waals surface area (Å²) in [6.45, 7) is 7.99. The molecule has 1 amide bonds. The standard InChI is InChI=1S/C35H37N3O9/c1-5-43-17-45-15-19-7-9-24-21(11-19)28-29-23(14-36-32(29)39)27-22-12-20(16-46-18-44-6-2)8-10-25(22)38-31(27)30(28)37(24)26-13-35(41,33(40)42-4)34(38,3)47-26/h7-12,26,41H,5-6,13-18H2,1-4H3,(H,36,39)/t26?,34-,35-/m0/s1.